The van der Waals surface area contributed by atoms with Gasteiger partial charge in [0.25, 0.3) is 0 Å². The van der Waals surface area contributed by atoms with Gasteiger partial charge >= 0.3 is 6.03 Å². The molecule has 5 nitrogen and oxygen atoms in total. The molecule has 8 heteroatoms. The highest BCUT2D eigenvalue weighted by molar-refractivity contribution is 7.13. The molecule has 0 aliphatic rings. The molecule has 0 aliphatic carbocycles. The number of rotatable bonds is 5. The van der Waals surface area contributed by atoms with Crippen molar-refractivity contribution in [1.29, 1.82) is 0 Å². The Hall–Kier alpha value is -1.34. The quantitative estimate of drug-likeness (QED) is 0.777. The largest absolute Gasteiger partial charge is 0.334 e. The zero-order chi connectivity index (χ0) is 15.2. The number of nitrogens with zero attached hydrogens (tertiary/aromatic N) is 1. The van der Waals surface area contributed by atoms with Crippen LogP contribution in [0.1, 0.15) is 11.3 Å². The van der Waals surface area contributed by atoms with Gasteiger partial charge in [-0.15, -0.1) is 11.3 Å². The van der Waals surface area contributed by atoms with Crippen LogP contribution in [-0.4, -0.2) is 18.1 Å². The number of thiazole rings is 1. The number of carbonyl (C=O) groups excluding carboxylic acids is 1. The van der Waals surface area contributed by atoms with Crippen molar-refractivity contribution in [2.75, 3.05) is 12.4 Å². The van der Waals surface area contributed by atoms with Crippen LogP contribution in [0.4, 0.5) is 9.93 Å². The molecule has 0 unspecified atom stereocenters. The maximum absolute atomic E-state index is 11.8. The van der Waals surface area contributed by atoms with E-state index >= 15 is 0 Å². The summed E-state index contributed by atoms with van der Waals surface area (Å²) >= 11 is 13.1. The highest BCUT2D eigenvalue weighted by atomic mass is 35.5. The number of urea groups is 1. The number of halogens is 2. The average Bonchev–Trinajstić information content (AvgIpc) is 2.88. The van der Waals surface area contributed by atoms with Crippen LogP contribution in [0.3, 0.4) is 0 Å². The smallest absolute Gasteiger partial charge is 0.321 e. The molecule has 1 aromatic carbocycles. The zero-order valence-corrected chi connectivity index (χ0v) is 13.6. The van der Waals surface area contributed by atoms with E-state index in [1.165, 1.54) is 11.3 Å². The van der Waals surface area contributed by atoms with Crippen LogP contribution < -0.4 is 16.0 Å². The lowest BCUT2D eigenvalue weighted by molar-refractivity contribution is 0.251. The summed E-state index contributed by atoms with van der Waals surface area (Å²) in [5.41, 5.74) is 1.76. The number of anilines is 1. The molecule has 2 aromatic rings. The molecule has 0 radical (unpaired) electrons. The van der Waals surface area contributed by atoms with Gasteiger partial charge in [0.05, 0.1) is 15.7 Å². The molecule has 3 N–H and O–H groups in total. The minimum absolute atomic E-state index is 0.313. The second kappa shape index (κ2) is 7.61. The lowest BCUT2D eigenvalue weighted by atomic mass is 10.2. The van der Waals surface area contributed by atoms with Gasteiger partial charge in [-0.3, -0.25) is 5.32 Å². The highest BCUT2D eigenvalue weighted by Crippen LogP contribution is 2.22. The Balaban J connectivity index is 1.85. The van der Waals surface area contributed by atoms with Crippen molar-refractivity contribution in [1.82, 2.24) is 15.6 Å². The summed E-state index contributed by atoms with van der Waals surface area (Å²) in [5.74, 6) is 0. The average molecular weight is 345 g/mol. The first-order valence-electron chi connectivity index (χ1n) is 6.16. The summed E-state index contributed by atoms with van der Waals surface area (Å²) in [6.45, 7) is 1.03. The molecule has 0 aliphatic heterocycles. The first-order chi connectivity index (χ1) is 10.1. The van der Waals surface area contributed by atoms with Crippen LogP contribution in [0.5, 0.6) is 0 Å². The number of hydrogen-bond acceptors (Lipinski definition) is 4. The first kappa shape index (κ1) is 16.0. The Kier molecular flexibility index (Phi) is 5.81. The van der Waals surface area contributed by atoms with E-state index in [1.54, 1.807) is 12.1 Å². The van der Waals surface area contributed by atoms with E-state index in [-0.39, 0.29) is 6.03 Å². The minimum atomic E-state index is -0.313. The highest BCUT2D eigenvalue weighted by Gasteiger charge is 2.06. The van der Waals surface area contributed by atoms with Gasteiger partial charge in [-0.1, -0.05) is 29.3 Å². The van der Waals surface area contributed by atoms with Crippen molar-refractivity contribution in [2.45, 2.75) is 13.1 Å². The third-order valence-corrected chi connectivity index (χ3v) is 4.11. The van der Waals surface area contributed by atoms with Crippen molar-refractivity contribution in [3.05, 3.63) is 44.9 Å². The maximum Gasteiger partial charge on any atom is 0.321 e. The Morgan fingerprint density at radius 3 is 2.81 bits per heavy atom. The molecule has 2 rings (SSSR count). The predicted molar refractivity (Wildman–Crippen MR) is 87.2 cm³/mol. The van der Waals surface area contributed by atoms with Gasteiger partial charge in [-0.25, -0.2) is 9.78 Å². The van der Waals surface area contributed by atoms with Crippen molar-refractivity contribution < 1.29 is 4.79 Å². The Morgan fingerprint density at radius 1 is 1.29 bits per heavy atom. The van der Waals surface area contributed by atoms with E-state index in [2.05, 4.69) is 20.9 Å². The molecule has 0 saturated carbocycles. The van der Waals surface area contributed by atoms with E-state index < -0.39 is 0 Å². The number of amides is 2. The summed E-state index contributed by atoms with van der Waals surface area (Å²) in [7, 11) is 1.84. The lowest BCUT2D eigenvalue weighted by Crippen LogP contribution is -2.28. The summed E-state index contributed by atoms with van der Waals surface area (Å²) in [6, 6.07) is 4.91. The maximum atomic E-state index is 11.8. The zero-order valence-electron chi connectivity index (χ0n) is 11.2. The third-order valence-electron chi connectivity index (χ3n) is 2.57. The molecular formula is C13H14Cl2N4OS. The number of aromatic nitrogens is 1. The number of carbonyl (C=O) groups is 1. The Morgan fingerprint density at radius 2 is 2.10 bits per heavy atom. The van der Waals surface area contributed by atoms with Crippen LogP contribution in [-0.2, 0) is 13.1 Å². The molecule has 1 heterocycles. The fraction of sp³-hybridized carbons (Fsp3) is 0.231. The van der Waals surface area contributed by atoms with E-state index in [1.807, 2.05) is 18.5 Å². The topological polar surface area (TPSA) is 66.0 Å². The molecule has 21 heavy (non-hydrogen) atoms. The van der Waals surface area contributed by atoms with Gasteiger partial charge < -0.3 is 10.6 Å². The van der Waals surface area contributed by atoms with E-state index in [0.717, 1.165) is 11.3 Å². The summed E-state index contributed by atoms with van der Waals surface area (Å²) in [6.07, 6.45) is 0. The fourth-order valence-corrected chi connectivity index (χ4v) is 2.63. The second-order valence-corrected chi connectivity index (χ2v) is 5.90. The summed E-state index contributed by atoms with van der Waals surface area (Å²) in [5, 5.41) is 11.8. The predicted octanol–water partition coefficient (Wildman–Crippen LogP) is 3.49. The van der Waals surface area contributed by atoms with Crippen molar-refractivity contribution in [3.8, 4) is 0 Å². The van der Waals surface area contributed by atoms with Gasteiger partial charge in [-0.2, -0.15) is 0 Å². The summed E-state index contributed by atoms with van der Waals surface area (Å²) < 4.78 is 0. The van der Waals surface area contributed by atoms with E-state index in [4.69, 9.17) is 23.2 Å². The van der Waals surface area contributed by atoms with Crippen molar-refractivity contribution in [2.24, 2.45) is 0 Å². The van der Waals surface area contributed by atoms with E-state index in [0.29, 0.717) is 28.3 Å². The molecule has 1 aromatic heterocycles. The molecule has 112 valence electrons. The number of hydrogen-bond donors (Lipinski definition) is 3. The molecule has 0 spiro atoms. The molecule has 0 bridgehead atoms. The number of nitrogens with one attached hydrogen (secondary N) is 3. The van der Waals surface area contributed by atoms with Crippen molar-refractivity contribution >= 4 is 45.7 Å². The Labute approximate surface area is 136 Å². The Bertz CT molecular complexity index is 632. The van der Waals surface area contributed by atoms with Crippen LogP contribution >= 0.6 is 34.5 Å². The fourth-order valence-electron chi connectivity index (χ4n) is 1.60. The van der Waals surface area contributed by atoms with Crippen LogP contribution in [0.15, 0.2) is 23.6 Å². The third kappa shape index (κ3) is 4.86. The minimum Gasteiger partial charge on any atom is -0.334 e. The molecular weight excluding hydrogens is 331 g/mol. The molecule has 0 fully saturated rings. The monoisotopic (exact) mass is 344 g/mol. The number of benzene rings is 1. The van der Waals surface area contributed by atoms with Crippen LogP contribution in [0.25, 0.3) is 0 Å². The van der Waals surface area contributed by atoms with E-state index in [9.17, 15) is 4.79 Å². The second-order valence-electron chi connectivity index (χ2n) is 4.23. The van der Waals surface area contributed by atoms with Gasteiger partial charge in [0.1, 0.15) is 0 Å². The normalized spacial score (nSPS) is 10.4. The van der Waals surface area contributed by atoms with Gasteiger partial charge in [0, 0.05) is 18.5 Å². The SMILES string of the molecule is CNCc1csc(NC(=O)NCc2ccc(Cl)c(Cl)c2)n1. The standard InChI is InChI=1S/C13H14Cl2N4OS/c1-16-6-9-7-21-13(18-9)19-12(20)17-5-8-2-3-10(14)11(15)4-8/h2-4,7,16H,5-6H2,1H3,(H2,17,18,19,20). The summed E-state index contributed by atoms with van der Waals surface area (Å²) in [4.78, 5) is 16.0. The van der Waals surface area contributed by atoms with Gasteiger partial charge in [0.2, 0.25) is 0 Å². The lowest BCUT2D eigenvalue weighted by Gasteiger charge is -2.06. The van der Waals surface area contributed by atoms with Crippen molar-refractivity contribution in [3.63, 3.8) is 0 Å². The first-order valence-corrected chi connectivity index (χ1v) is 7.80. The molecule has 0 atom stereocenters. The van der Waals surface area contributed by atoms with Gasteiger partial charge in [0.15, 0.2) is 5.13 Å². The van der Waals surface area contributed by atoms with Crippen LogP contribution in [0, 0.1) is 0 Å². The van der Waals surface area contributed by atoms with Gasteiger partial charge in [-0.05, 0) is 24.7 Å². The molecule has 2 amide bonds. The van der Waals surface area contributed by atoms with Crippen LogP contribution in [0.2, 0.25) is 10.0 Å². The molecule has 0 saturated heterocycles.